The first-order valence-corrected chi connectivity index (χ1v) is 14.4. The van der Waals surface area contributed by atoms with Crippen LogP contribution in [0.1, 0.15) is 117 Å². The van der Waals surface area contributed by atoms with Crippen molar-refractivity contribution in [2.45, 2.75) is 123 Å². The van der Waals surface area contributed by atoms with E-state index in [1.54, 1.807) is 13.8 Å². The molecule has 0 heterocycles. The molecule has 0 aromatic heterocycles. The Labute approximate surface area is 187 Å². The van der Waals surface area contributed by atoms with Crippen molar-refractivity contribution in [1.82, 2.24) is 0 Å². The van der Waals surface area contributed by atoms with Gasteiger partial charge in [-0.2, -0.15) is 0 Å². The van der Waals surface area contributed by atoms with E-state index in [0.29, 0.717) is 26.2 Å². The van der Waals surface area contributed by atoms with Gasteiger partial charge in [-0.25, -0.2) is 0 Å². The van der Waals surface area contributed by atoms with Crippen LogP contribution in [0.25, 0.3) is 0 Å². The maximum Gasteiger partial charge on any atom is 0.330 e. The van der Waals surface area contributed by atoms with E-state index in [0.717, 1.165) is 6.42 Å². The van der Waals surface area contributed by atoms with E-state index in [-0.39, 0.29) is 12.8 Å². The Morgan fingerprint density at radius 1 is 0.700 bits per heavy atom. The van der Waals surface area contributed by atoms with Crippen LogP contribution < -0.4 is 0 Å². The number of hydrogen-bond donors (Lipinski definition) is 1. The molecule has 0 fully saturated rings. The Morgan fingerprint density at radius 2 is 1.13 bits per heavy atom. The molecular formula is C24H51O5P. The molecule has 5 nitrogen and oxygen atoms in total. The van der Waals surface area contributed by atoms with Gasteiger partial charge in [0, 0.05) is 6.61 Å². The third-order valence-electron chi connectivity index (χ3n) is 5.34. The summed E-state index contributed by atoms with van der Waals surface area (Å²) in [6.45, 7) is 7.53. The zero-order chi connectivity index (χ0) is 22.3. The van der Waals surface area contributed by atoms with Crippen molar-refractivity contribution < 1.29 is 23.5 Å². The lowest BCUT2D eigenvalue weighted by Gasteiger charge is -2.18. The molecular weight excluding hydrogens is 399 g/mol. The van der Waals surface area contributed by atoms with Crippen molar-refractivity contribution in [1.29, 1.82) is 0 Å². The maximum atomic E-state index is 12.3. The van der Waals surface area contributed by atoms with Crippen LogP contribution in [0, 0.1) is 0 Å². The molecule has 1 atom stereocenters. The van der Waals surface area contributed by atoms with Crippen LogP contribution in [0.15, 0.2) is 0 Å². The molecule has 0 unspecified atom stereocenters. The molecule has 0 saturated heterocycles. The quantitative estimate of drug-likeness (QED) is 0.122. The molecule has 0 rings (SSSR count). The summed E-state index contributed by atoms with van der Waals surface area (Å²) in [5.41, 5.74) is 0. The second-order valence-corrected chi connectivity index (χ2v) is 10.5. The summed E-state index contributed by atoms with van der Waals surface area (Å²) in [5, 5.41) is 10.0. The van der Waals surface area contributed by atoms with Gasteiger partial charge in [0.2, 0.25) is 0 Å². The van der Waals surface area contributed by atoms with E-state index in [2.05, 4.69) is 6.92 Å². The van der Waals surface area contributed by atoms with Gasteiger partial charge in [0.25, 0.3) is 0 Å². The number of unbranched alkanes of at least 4 members (excludes halogenated alkanes) is 13. The molecule has 0 amide bonds. The predicted octanol–water partition coefficient (Wildman–Crippen LogP) is 7.50. The molecule has 0 saturated carbocycles. The lowest BCUT2D eigenvalue weighted by molar-refractivity contribution is 0.0329. The van der Waals surface area contributed by atoms with Crippen LogP contribution in [0.3, 0.4) is 0 Å². The normalized spacial score (nSPS) is 13.1. The molecule has 0 aromatic carbocycles. The van der Waals surface area contributed by atoms with Crippen LogP contribution in [-0.4, -0.2) is 43.8 Å². The second-order valence-electron chi connectivity index (χ2n) is 8.28. The predicted molar refractivity (Wildman–Crippen MR) is 127 cm³/mol. The fraction of sp³-hybridized carbons (Fsp3) is 1.00. The van der Waals surface area contributed by atoms with Crippen LogP contribution in [0.4, 0.5) is 0 Å². The van der Waals surface area contributed by atoms with Crippen molar-refractivity contribution in [2.75, 3.05) is 32.6 Å². The smallest absolute Gasteiger partial charge is 0.330 e. The maximum absolute atomic E-state index is 12.3. The van der Waals surface area contributed by atoms with Crippen LogP contribution in [0.2, 0.25) is 0 Å². The number of aliphatic hydroxyl groups excluding tert-OH is 1. The fourth-order valence-corrected chi connectivity index (χ4v) is 5.30. The monoisotopic (exact) mass is 450 g/mol. The summed E-state index contributed by atoms with van der Waals surface area (Å²) in [5.74, 6) is 0. The van der Waals surface area contributed by atoms with E-state index < -0.39 is 13.7 Å². The zero-order valence-corrected chi connectivity index (χ0v) is 21.1. The zero-order valence-electron chi connectivity index (χ0n) is 20.2. The SMILES string of the molecule is CCCCCCCCCCCCCCCCOC[C@@H](O)CCP(=O)(OCC)OCC. The van der Waals surface area contributed by atoms with Gasteiger partial charge in [-0.3, -0.25) is 4.57 Å². The average molecular weight is 451 g/mol. The number of ether oxygens (including phenoxy) is 1. The second kappa shape index (κ2) is 22.3. The van der Waals surface area contributed by atoms with Gasteiger partial charge in [0.05, 0.1) is 32.1 Å². The van der Waals surface area contributed by atoms with Gasteiger partial charge in [-0.05, 0) is 26.7 Å². The first-order valence-electron chi connectivity index (χ1n) is 12.7. The lowest BCUT2D eigenvalue weighted by Crippen LogP contribution is -2.18. The summed E-state index contributed by atoms with van der Waals surface area (Å²) in [4.78, 5) is 0. The van der Waals surface area contributed by atoms with Gasteiger partial charge in [-0.15, -0.1) is 0 Å². The Bertz CT molecular complexity index is 382. The van der Waals surface area contributed by atoms with Crippen LogP contribution in [0.5, 0.6) is 0 Å². The highest BCUT2D eigenvalue weighted by Gasteiger charge is 2.24. The minimum atomic E-state index is -3.06. The van der Waals surface area contributed by atoms with E-state index in [4.69, 9.17) is 13.8 Å². The van der Waals surface area contributed by atoms with Gasteiger partial charge in [0.1, 0.15) is 0 Å². The summed E-state index contributed by atoms with van der Waals surface area (Å²) < 4.78 is 28.4. The third-order valence-corrected chi connectivity index (χ3v) is 7.45. The summed E-state index contributed by atoms with van der Waals surface area (Å²) in [6, 6.07) is 0. The Morgan fingerprint density at radius 3 is 1.57 bits per heavy atom. The summed E-state index contributed by atoms with van der Waals surface area (Å²) in [7, 11) is -3.06. The molecule has 0 aliphatic rings. The summed E-state index contributed by atoms with van der Waals surface area (Å²) >= 11 is 0. The molecule has 0 spiro atoms. The van der Waals surface area contributed by atoms with Crippen molar-refractivity contribution in [3.8, 4) is 0 Å². The highest BCUT2D eigenvalue weighted by molar-refractivity contribution is 7.53. The number of aliphatic hydroxyl groups is 1. The minimum absolute atomic E-state index is 0.234. The van der Waals surface area contributed by atoms with Gasteiger partial charge in [0.15, 0.2) is 0 Å². The topological polar surface area (TPSA) is 65.0 Å². The van der Waals surface area contributed by atoms with Crippen molar-refractivity contribution in [3.05, 3.63) is 0 Å². The molecule has 1 N–H and O–H groups in total. The Balaban J connectivity index is 3.38. The number of hydrogen-bond acceptors (Lipinski definition) is 5. The van der Waals surface area contributed by atoms with Crippen molar-refractivity contribution >= 4 is 7.60 Å². The lowest BCUT2D eigenvalue weighted by atomic mass is 10.0. The van der Waals surface area contributed by atoms with E-state index in [9.17, 15) is 9.67 Å². The molecule has 182 valence electrons. The van der Waals surface area contributed by atoms with E-state index in [1.807, 2.05) is 0 Å². The highest BCUT2D eigenvalue weighted by atomic mass is 31.2. The summed E-state index contributed by atoms with van der Waals surface area (Å²) in [6.07, 6.45) is 18.8. The van der Waals surface area contributed by atoms with Crippen LogP contribution >= 0.6 is 7.60 Å². The number of rotatable bonds is 24. The average Bonchev–Trinajstić information content (AvgIpc) is 2.72. The van der Waals surface area contributed by atoms with E-state index >= 15 is 0 Å². The molecule has 0 aliphatic heterocycles. The fourth-order valence-electron chi connectivity index (χ4n) is 3.57. The molecule has 0 radical (unpaired) electrons. The molecule has 30 heavy (non-hydrogen) atoms. The first-order chi connectivity index (χ1) is 14.6. The standard InChI is InChI=1S/C24H51O5P/c1-4-7-8-9-10-11-12-13-14-15-16-17-18-19-21-27-23-24(25)20-22-30(26,28-5-2)29-6-3/h24-25H,4-23H2,1-3H3/t24-/m0/s1. The minimum Gasteiger partial charge on any atom is -0.391 e. The van der Waals surface area contributed by atoms with Crippen molar-refractivity contribution in [2.24, 2.45) is 0 Å². The highest BCUT2D eigenvalue weighted by Crippen LogP contribution is 2.48. The molecule has 0 bridgehead atoms. The largest absolute Gasteiger partial charge is 0.391 e. The molecule has 0 aliphatic carbocycles. The molecule has 6 heteroatoms. The first kappa shape index (κ1) is 30.1. The van der Waals surface area contributed by atoms with Gasteiger partial charge in [-0.1, -0.05) is 90.4 Å². The Kier molecular flexibility index (Phi) is 22.3. The van der Waals surface area contributed by atoms with E-state index in [1.165, 1.54) is 83.5 Å². The van der Waals surface area contributed by atoms with Gasteiger partial charge >= 0.3 is 7.60 Å². The van der Waals surface area contributed by atoms with Gasteiger partial charge < -0.3 is 18.9 Å². The Hall–Kier alpha value is 0.0700. The van der Waals surface area contributed by atoms with Crippen LogP contribution in [-0.2, 0) is 18.3 Å². The molecule has 0 aromatic rings. The third kappa shape index (κ3) is 20.0. The van der Waals surface area contributed by atoms with Crippen molar-refractivity contribution in [3.63, 3.8) is 0 Å².